The van der Waals surface area contributed by atoms with Crippen LogP contribution in [0.25, 0.3) is 11.2 Å². The van der Waals surface area contributed by atoms with Crippen molar-refractivity contribution in [2.45, 2.75) is 38.7 Å². The van der Waals surface area contributed by atoms with E-state index in [-0.39, 0.29) is 5.60 Å². The zero-order valence-corrected chi connectivity index (χ0v) is 16.0. The molecule has 3 aromatic rings. The SMILES string of the molecule is COc1cccc2c1OC(C)(C)C2.c1nc(N2CCCC2)c2[nH]cnc2n1. The Hall–Kier alpha value is -2.83. The minimum absolute atomic E-state index is 0.0863. The molecule has 2 aromatic heterocycles. The second-order valence-electron chi connectivity index (χ2n) is 7.48. The molecule has 7 heteroatoms. The highest BCUT2D eigenvalue weighted by molar-refractivity contribution is 5.82. The van der Waals surface area contributed by atoms with Crippen molar-refractivity contribution in [2.75, 3.05) is 25.1 Å². The molecule has 4 heterocycles. The number of fused-ring (bicyclic) bond motifs is 2. The minimum Gasteiger partial charge on any atom is -0.493 e. The first-order valence-corrected chi connectivity index (χ1v) is 9.31. The molecule has 27 heavy (non-hydrogen) atoms. The van der Waals surface area contributed by atoms with Gasteiger partial charge in [0.1, 0.15) is 17.4 Å². The normalized spacial score (nSPS) is 17.2. The van der Waals surface area contributed by atoms with Crippen LogP contribution in [0.5, 0.6) is 11.5 Å². The number of para-hydroxylation sites is 1. The van der Waals surface area contributed by atoms with E-state index in [9.17, 15) is 0 Å². The molecule has 0 saturated carbocycles. The molecule has 0 atom stereocenters. The summed E-state index contributed by atoms with van der Waals surface area (Å²) < 4.78 is 11.0. The van der Waals surface area contributed by atoms with E-state index < -0.39 is 0 Å². The highest BCUT2D eigenvalue weighted by Crippen LogP contribution is 2.41. The monoisotopic (exact) mass is 367 g/mol. The number of hydrogen-bond acceptors (Lipinski definition) is 6. The Morgan fingerprint density at radius 2 is 1.96 bits per heavy atom. The molecule has 2 aliphatic heterocycles. The number of anilines is 1. The molecule has 1 saturated heterocycles. The topological polar surface area (TPSA) is 76.2 Å². The Bertz CT molecular complexity index is 931. The molecule has 0 bridgehead atoms. The van der Waals surface area contributed by atoms with Crippen molar-refractivity contribution in [1.29, 1.82) is 0 Å². The Balaban J connectivity index is 0.000000134. The average molecular weight is 367 g/mol. The summed E-state index contributed by atoms with van der Waals surface area (Å²) in [5, 5.41) is 0. The summed E-state index contributed by atoms with van der Waals surface area (Å²) in [6, 6.07) is 6.02. The lowest BCUT2D eigenvalue weighted by Crippen LogP contribution is -2.24. The fraction of sp³-hybridized carbons (Fsp3) is 0.450. The molecule has 0 unspecified atom stereocenters. The van der Waals surface area contributed by atoms with Gasteiger partial charge in [0.05, 0.1) is 13.4 Å². The molecular weight excluding hydrogens is 342 g/mol. The maximum atomic E-state index is 5.79. The van der Waals surface area contributed by atoms with Crippen molar-refractivity contribution >= 4 is 17.0 Å². The number of nitrogens with one attached hydrogen (secondary N) is 1. The van der Waals surface area contributed by atoms with Gasteiger partial charge < -0.3 is 19.4 Å². The number of ether oxygens (including phenoxy) is 2. The molecule has 1 fully saturated rings. The summed E-state index contributed by atoms with van der Waals surface area (Å²) in [5.74, 6) is 2.74. The number of methoxy groups -OCH3 is 1. The van der Waals surface area contributed by atoms with Gasteiger partial charge in [-0.2, -0.15) is 0 Å². The van der Waals surface area contributed by atoms with Crippen molar-refractivity contribution in [3.63, 3.8) is 0 Å². The van der Waals surface area contributed by atoms with Gasteiger partial charge in [0, 0.05) is 25.1 Å². The van der Waals surface area contributed by atoms with Crippen LogP contribution in [0.3, 0.4) is 0 Å². The van der Waals surface area contributed by atoms with E-state index in [1.807, 2.05) is 12.1 Å². The Morgan fingerprint density at radius 3 is 2.74 bits per heavy atom. The lowest BCUT2D eigenvalue weighted by atomic mass is 10.0. The quantitative estimate of drug-likeness (QED) is 0.748. The van der Waals surface area contributed by atoms with Gasteiger partial charge in [-0.3, -0.25) is 0 Å². The van der Waals surface area contributed by atoms with Gasteiger partial charge in [-0.25, -0.2) is 15.0 Å². The molecule has 5 rings (SSSR count). The lowest BCUT2D eigenvalue weighted by molar-refractivity contribution is 0.134. The van der Waals surface area contributed by atoms with E-state index in [0.29, 0.717) is 0 Å². The van der Waals surface area contributed by atoms with E-state index >= 15 is 0 Å². The summed E-state index contributed by atoms with van der Waals surface area (Å²) in [7, 11) is 1.67. The third kappa shape index (κ3) is 3.54. The smallest absolute Gasteiger partial charge is 0.182 e. The number of imidazole rings is 1. The number of H-pyrrole nitrogens is 1. The summed E-state index contributed by atoms with van der Waals surface area (Å²) in [6.45, 7) is 6.36. The van der Waals surface area contributed by atoms with Gasteiger partial charge in [-0.15, -0.1) is 0 Å². The van der Waals surface area contributed by atoms with Crippen LogP contribution in [0.15, 0.2) is 30.9 Å². The Labute approximate surface area is 158 Å². The van der Waals surface area contributed by atoms with Crippen LogP contribution in [0, 0.1) is 0 Å². The first kappa shape index (κ1) is 17.6. The van der Waals surface area contributed by atoms with Crippen molar-refractivity contribution in [3.05, 3.63) is 36.4 Å². The molecule has 0 radical (unpaired) electrons. The first-order chi connectivity index (χ1) is 13.1. The molecule has 142 valence electrons. The maximum Gasteiger partial charge on any atom is 0.182 e. The summed E-state index contributed by atoms with van der Waals surface area (Å²) in [5.41, 5.74) is 2.86. The molecule has 7 nitrogen and oxygen atoms in total. The van der Waals surface area contributed by atoms with Crippen LogP contribution in [-0.2, 0) is 6.42 Å². The van der Waals surface area contributed by atoms with Crippen LogP contribution in [0.4, 0.5) is 5.82 Å². The lowest BCUT2D eigenvalue weighted by Gasteiger charge is -2.17. The van der Waals surface area contributed by atoms with Crippen LogP contribution in [0.1, 0.15) is 32.3 Å². The van der Waals surface area contributed by atoms with Gasteiger partial charge in [0.15, 0.2) is 23.0 Å². The van der Waals surface area contributed by atoms with Crippen molar-refractivity contribution in [3.8, 4) is 11.5 Å². The zero-order chi connectivity index (χ0) is 18.9. The minimum atomic E-state index is -0.0863. The maximum absolute atomic E-state index is 5.79. The number of aromatic nitrogens is 4. The third-order valence-electron chi connectivity index (χ3n) is 4.88. The van der Waals surface area contributed by atoms with E-state index in [2.05, 4.69) is 44.7 Å². The molecule has 2 aliphatic rings. The third-order valence-corrected chi connectivity index (χ3v) is 4.88. The van der Waals surface area contributed by atoms with E-state index in [4.69, 9.17) is 9.47 Å². The van der Waals surface area contributed by atoms with Gasteiger partial charge in [-0.05, 0) is 32.8 Å². The molecule has 0 spiro atoms. The second-order valence-corrected chi connectivity index (χ2v) is 7.48. The van der Waals surface area contributed by atoms with Gasteiger partial charge in [-0.1, -0.05) is 12.1 Å². The number of hydrogen-bond donors (Lipinski definition) is 1. The average Bonchev–Trinajstić information content (AvgIpc) is 3.39. The molecule has 1 aromatic carbocycles. The van der Waals surface area contributed by atoms with Crippen molar-refractivity contribution in [1.82, 2.24) is 19.9 Å². The van der Waals surface area contributed by atoms with Crippen LogP contribution < -0.4 is 14.4 Å². The fourth-order valence-electron chi connectivity index (χ4n) is 3.67. The van der Waals surface area contributed by atoms with E-state index in [1.165, 1.54) is 18.4 Å². The molecule has 0 aliphatic carbocycles. The number of aromatic amines is 1. The summed E-state index contributed by atoms with van der Waals surface area (Å²) in [4.78, 5) is 17.9. The highest BCUT2D eigenvalue weighted by atomic mass is 16.5. The summed E-state index contributed by atoms with van der Waals surface area (Å²) in [6.07, 6.45) is 6.70. The van der Waals surface area contributed by atoms with Crippen LogP contribution >= 0.6 is 0 Å². The Kier molecular flexibility index (Phi) is 4.59. The predicted molar refractivity (Wildman–Crippen MR) is 105 cm³/mol. The van der Waals surface area contributed by atoms with E-state index in [1.54, 1.807) is 19.8 Å². The molecule has 1 N–H and O–H groups in total. The molecular formula is C20H25N5O2. The van der Waals surface area contributed by atoms with Crippen LogP contribution in [0.2, 0.25) is 0 Å². The van der Waals surface area contributed by atoms with E-state index in [0.717, 1.165) is 48.0 Å². The van der Waals surface area contributed by atoms with Crippen molar-refractivity contribution in [2.24, 2.45) is 0 Å². The van der Waals surface area contributed by atoms with Crippen LogP contribution in [-0.4, -0.2) is 45.7 Å². The highest BCUT2D eigenvalue weighted by Gasteiger charge is 2.31. The number of rotatable bonds is 2. The Morgan fingerprint density at radius 1 is 1.15 bits per heavy atom. The van der Waals surface area contributed by atoms with Gasteiger partial charge >= 0.3 is 0 Å². The predicted octanol–water partition coefficient (Wildman–Crippen LogP) is 3.36. The molecule has 0 amide bonds. The standard InChI is InChI=1S/C11H14O2.C9H11N5/c1-11(2)7-8-5-4-6-9(12-3)10(8)13-11;1-2-4-14(3-1)9-7-8(11-5-10-7)12-6-13-9/h4-6H,7H2,1-3H3;5-6H,1-4H2,(H,10,11,12,13). The first-order valence-electron chi connectivity index (χ1n) is 9.31. The van der Waals surface area contributed by atoms with Crippen molar-refractivity contribution < 1.29 is 9.47 Å². The number of nitrogens with zero attached hydrogens (tertiary/aromatic N) is 4. The zero-order valence-electron chi connectivity index (χ0n) is 16.0. The number of benzene rings is 1. The fourth-order valence-corrected chi connectivity index (χ4v) is 3.67. The largest absolute Gasteiger partial charge is 0.493 e. The second kappa shape index (κ2) is 7.06. The van der Waals surface area contributed by atoms with Gasteiger partial charge in [0.25, 0.3) is 0 Å². The summed E-state index contributed by atoms with van der Waals surface area (Å²) >= 11 is 0. The van der Waals surface area contributed by atoms with Gasteiger partial charge in [0.2, 0.25) is 0 Å².